The zero-order valence-corrected chi connectivity index (χ0v) is 9.58. The van der Waals surface area contributed by atoms with Crippen LogP contribution < -0.4 is 5.32 Å². The molecule has 0 bridgehead atoms. The summed E-state index contributed by atoms with van der Waals surface area (Å²) in [7, 11) is 1.73. The van der Waals surface area contributed by atoms with E-state index in [2.05, 4.69) is 33.9 Å². The Bertz CT molecular complexity index is 345. The third-order valence-corrected chi connectivity index (χ3v) is 2.84. The Balaban J connectivity index is 2.19. The van der Waals surface area contributed by atoms with Crippen molar-refractivity contribution in [1.82, 2.24) is 20.1 Å². The Morgan fingerprint density at radius 3 is 3.00 bits per heavy atom. The normalized spacial score (nSPS) is 16.5. The van der Waals surface area contributed by atoms with E-state index in [1.807, 2.05) is 0 Å². The van der Waals surface area contributed by atoms with Crippen molar-refractivity contribution in [1.29, 1.82) is 0 Å². The van der Waals surface area contributed by atoms with Crippen molar-refractivity contribution in [3.05, 3.63) is 11.6 Å². The van der Waals surface area contributed by atoms with Crippen LogP contribution in [0.5, 0.6) is 0 Å². The standard InChI is InChI=1S/C10H18N4O/c1-10(2,15-3)6-8-12-13-9-7-11-4-5-14(8)9/h11H,4-7H2,1-3H3. The summed E-state index contributed by atoms with van der Waals surface area (Å²) in [5.74, 6) is 2.06. The summed E-state index contributed by atoms with van der Waals surface area (Å²) in [5, 5.41) is 11.7. The molecule has 15 heavy (non-hydrogen) atoms. The van der Waals surface area contributed by atoms with Crippen molar-refractivity contribution < 1.29 is 4.74 Å². The summed E-state index contributed by atoms with van der Waals surface area (Å²) >= 11 is 0. The topological polar surface area (TPSA) is 52.0 Å². The number of aromatic nitrogens is 3. The van der Waals surface area contributed by atoms with Gasteiger partial charge in [-0.3, -0.25) is 0 Å². The maximum absolute atomic E-state index is 5.41. The maximum atomic E-state index is 5.41. The molecular formula is C10H18N4O. The maximum Gasteiger partial charge on any atom is 0.147 e. The molecule has 1 aliphatic rings. The fourth-order valence-corrected chi connectivity index (χ4v) is 1.74. The van der Waals surface area contributed by atoms with Crippen LogP contribution in [0.2, 0.25) is 0 Å². The number of rotatable bonds is 3. The summed E-state index contributed by atoms with van der Waals surface area (Å²) in [6.07, 6.45) is 0.802. The summed E-state index contributed by atoms with van der Waals surface area (Å²) < 4.78 is 7.60. The Hall–Kier alpha value is -0.940. The fraction of sp³-hybridized carbons (Fsp3) is 0.800. The first-order chi connectivity index (χ1) is 7.12. The summed E-state index contributed by atoms with van der Waals surface area (Å²) in [6.45, 7) is 6.90. The summed E-state index contributed by atoms with van der Waals surface area (Å²) in [4.78, 5) is 0. The minimum atomic E-state index is -0.172. The van der Waals surface area contributed by atoms with Gasteiger partial charge in [0.05, 0.1) is 12.1 Å². The van der Waals surface area contributed by atoms with Gasteiger partial charge in [-0.1, -0.05) is 0 Å². The highest BCUT2D eigenvalue weighted by molar-refractivity contribution is 5.01. The molecule has 1 N–H and O–H groups in total. The van der Waals surface area contributed by atoms with E-state index in [0.717, 1.165) is 37.7 Å². The molecule has 2 rings (SSSR count). The second kappa shape index (κ2) is 3.90. The molecule has 1 aromatic rings. The first-order valence-electron chi connectivity index (χ1n) is 5.29. The second-order valence-corrected chi connectivity index (χ2v) is 4.50. The molecule has 5 nitrogen and oxygen atoms in total. The average Bonchev–Trinajstić information content (AvgIpc) is 2.62. The van der Waals surface area contributed by atoms with Gasteiger partial charge in [-0.2, -0.15) is 0 Å². The molecule has 0 saturated carbocycles. The Morgan fingerprint density at radius 1 is 1.47 bits per heavy atom. The molecule has 1 aliphatic heterocycles. The Labute approximate surface area is 89.8 Å². The lowest BCUT2D eigenvalue weighted by atomic mass is 10.0. The quantitative estimate of drug-likeness (QED) is 0.782. The van der Waals surface area contributed by atoms with E-state index in [9.17, 15) is 0 Å². The van der Waals surface area contributed by atoms with Crippen LogP contribution in [-0.4, -0.2) is 34.0 Å². The monoisotopic (exact) mass is 210 g/mol. The fourth-order valence-electron chi connectivity index (χ4n) is 1.74. The van der Waals surface area contributed by atoms with E-state index in [4.69, 9.17) is 4.74 Å². The van der Waals surface area contributed by atoms with Gasteiger partial charge in [0.1, 0.15) is 11.6 Å². The molecule has 0 fully saturated rings. The van der Waals surface area contributed by atoms with Crippen LogP contribution in [-0.2, 0) is 24.2 Å². The van der Waals surface area contributed by atoms with E-state index in [0.29, 0.717) is 0 Å². The van der Waals surface area contributed by atoms with Crippen molar-refractivity contribution >= 4 is 0 Å². The highest BCUT2D eigenvalue weighted by Gasteiger charge is 2.23. The molecule has 84 valence electrons. The van der Waals surface area contributed by atoms with Crippen LogP contribution in [0.4, 0.5) is 0 Å². The van der Waals surface area contributed by atoms with Crippen molar-refractivity contribution in [2.45, 2.75) is 39.0 Å². The van der Waals surface area contributed by atoms with Crippen molar-refractivity contribution in [2.75, 3.05) is 13.7 Å². The molecule has 1 aromatic heterocycles. The molecule has 0 saturated heterocycles. The zero-order valence-electron chi connectivity index (χ0n) is 9.58. The van der Waals surface area contributed by atoms with Crippen LogP contribution >= 0.6 is 0 Å². The van der Waals surface area contributed by atoms with E-state index in [1.165, 1.54) is 0 Å². The molecule has 0 unspecified atom stereocenters. The molecule has 0 amide bonds. The van der Waals surface area contributed by atoms with Crippen LogP contribution in [0.1, 0.15) is 25.5 Å². The molecule has 0 radical (unpaired) electrons. The highest BCUT2D eigenvalue weighted by Crippen LogP contribution is 2.16. The number of methoxy groups -OCH3 is 1. The van der Waals surface area contributed by atoms with Crippen molar-refractivity contribution in [3.63, 3.8) is 0 Å². The van der Waals surface area contributed by atoms with E-state index in [1.54, 1.807) is 7.11 Å². The van der Waals surface area contributed by atoms with Gasteiger partial charge in [0.15, 0.2) is 0 Å². The lowest BCUT2D eigenvalue weighted by Crippen LogP contribution is -2.32. The number of nitrogens with one attached hydrogen (secondary N) is 1. The number of hydrogen-bond acceptors (Lipinski definition) is 4. The van der Waals surface area contributed by atoms with Crippen LogP contribution in [0, 0.1) is 0 Å². The molecule has 0 spiro atoms. The van der Waals surface area contributed by atoms with Crippen molar-refractivity contribution in [2.24, 2.45) is 0 Å². The van der Waals surface area contributed by atoms with E-state index < -0.39 is 0 Å². The number of fused-ring (bicyclic) bond motifs is 1. The Kier molecular flexibility index (Phi) is 2.75. The number of ether oxygens (including phenoxy) is 1. The molecule has 0 aromatic carbocycles. The van der Waals surface area contributed by atoms with Crippen LogP contribution in [0.3, 0.4) is 0 Å². The van der Waals surface area contributed by atoms with Gasteiger partial charge in [-0.15, -0.1) is 10.2 Å². The smallest absolute Gasteiger partial charge is 0.147 e. The van der Waals surface area contributed by atoms with Gasteiger partial charge >= 0.3 is 0 Å². The van der Waals surface area contributed by atoms with Gasteiger partial charge in [0, 0.05) is 26.6 Å². The third-order valence-electron chi connectivity index (χ3n) is 2.84. The van der Waals surface area contributed by atoms with Crippen molar-refractivity contribution in [3.8, 4) is 0 Å². The molecule has 5 heteroatoms. The first-order valence-corrected chi connectivity index (χ1v) is 5.29. The molecule has 0 atom stereocenters. The molecular weight excluding hydrogens is 192 g/mol. The van der Waals surface area contributed by atoms with Crippen LogP contribution in [0.15, 0.2) is 0 Å². The summed E-state index contributed by atoms with van der Waals surface area (Å²) in [5.41, 5.74) is -0.172. The first kappa shape index (κ1) is 10.6. The number of nitrogens with zero attached hydrogens (tertiary/aromatic N) is 3. The minimum Gasteiger partial charge on any atom is -0.378 e. The van der Waals surface area contributed by atoms with Gasteiger partial charge < -0.3 is 14.6 Å². The zero-order chi connectivity index (χ0) is 10.9. The lowest BCUT2D eigenvalue weighted by molar-refractivity contribution is 0.0207. The molecule has 2 heterocycles. The largest absolute Gasteiger partial charge is 0.378 e. The number of hydrogen-bond donors (Lipinski definition) is 1. The third kappa shape index (κ3) is 2.18. The predicted molar refractivity (Wildman–Crippen MR) is 56.5 cm³/mol. The average molecular weight is 210 g/mol. The summed E-state index contributed by atoms with van der Waals surface area (Å²) in [6, 6.07) is 0. The van der Waals surface area contributed by atoms with Gasteiger partial charge in [-0.05, 0) is 13.8 Å². The van der Waals surface area contributed by atoms with E-state index in [-0.39, 0.29) is 5.60 Å². The predicted octanol–water partition coefficient (Wildman–Crippen LogP) is 0.349. The molecule has 0 aliphatic carbocycles. The van der Waals surface area contributed by atoms with E-state index >= 15 is 0 Å². The minimum absolute atomic E-state index is 0.172. The van der Waals surface area contributed by atoms with Gasteiger partial charge in [0.2, 0.25) is 0 Å². The van der Waals surface area contributed by atoms with Crippen LogP contribution in [0.25, 0.3) is 0 Å². The highest BCUT2D eigenvalue weighted by atomic mass is 16.5. The Morgan fingerprint density at radius 2 is 2.27 bits per heavy atom. The lowest BCUT2D eigenvalue weighted by Gasteiger charge is -2.23. The van der Waals surface area contributed by atoms with Gasteiger partial charge in [-0.25, -0.2) is 0 Å². The SMILES string of the molecule is COC(C)(C)Cc1nnc2n1CCNC2. The van der Waals surface area contributed by atoms with Gasteiger partial charge in [0.25, 0.3) is 0 Å². The second-order valence-electron chi connectivity index (χ2n) is 4.50.